The molecule has 0 aromatic heterocycles. The van der Waals surface area contributed by atoms with Crippen LogP contribution in [0.25, 0.3) is 0 Å². The predicted molar refractivity (Wildman–Crippen MR) is 108 cm³/mol. The predicted octanol–water partition coefficient (Wildman–Crippen LogP) is 3.15. The smallest absolute Gasteiger partial charge is 0.261 e. The Hall–Kier alpha value is -2.99. The van der Waals surface area contributed by atoms with E-state index in [0.29, 0.717) is 42.9 Å². The summed E-state index contributed by atoms with van der Waals surface area (Å²) in [5.41, 5.74) is 2.14. The Balaban J connectivity index is 1.54. The van der Waals surface area contributed by atoms with E-state index in [9.17, 15) is 14.4 Å². The Morgan fingerprint density at radius 2 is 1.79 bits per heavy atom. The number of benzene rings is 2. The molecule has 2 aromatic carbocycles. The van der Waals surface area contributed by atoms with Crippen LogP contribution < -0.4 is 0 Å². The number of fused-ring (bicyclic) bond motifs is 1. The molecule has 0 saturated carbocycles. The lowest BCUT2D eigenvalue weighted by atomic mass is 10.0. The highest BCUT2D eigenvalue weighted by Gasteiger charge is 2.36. The molecule has 0 N–H and O–H groups in total. The first-order chi connectivity index (χ1) is 14.0. The van der Waals surface area contributed by atoms with E-state index in [-0.39, 0.29) is 29.7 Å². The number of hydrogen-bond donors (Lipinski definition) is 0. The van der Waals surface area contributed by atoms with Gasteiger partial charge >= 0.3 is 0 Å². The zero-order chi connectivity index (χ0) is 20.5. The first-order valence-electron chi connectivity index (χ1n) is 9.91. The molecule has 0 bridgehead atoms. The highest BCUT2D eigenvalue weighted by Crippen LogP contribution is 2.27. The van der Waals surface area contributed by atoms with E-state index in [4.69, 9.17) is 4.74 Å². The van der Waals surface area contributed by atoms with Gasteiger partial charge in [0.05, 0.1) is 24.3 Å². The van der Waals surface area contributed by atoms with Gasteiger partial charge in [0.25, 0.3) is 17.7 Å². The molecule has 1 saturated heterocycles. The lowest BCUT2D eigenvalue weighted by Gasteiger charge is -2.33. The standard InChI is InChI=1S/C23H24N2O4/c1-15(2)13-25-22(27)18-9-8-17(12-19(18)23(25)28)21(26)24-10-11-29-20(14-24)16-6-4-3-5-7-16/h3-9,12,15,20H,10-11,13-14H2,1-2H3. The molecule has 0 aliphatic carbocycles. The van der Waals surface area contributed by atoms with Crippen molar-refractivity contribution < 1.29 is 19.1 Å². The minimum absolute atomic E-state index is 0.153. The molecule has 3 amide bonds. The molecule has 2 aliphatic heterocycles. The fourth-order valence-corrected chi connectivity index (χ4v) is 3.84. The SMILES string of the molecule is CC(C)CN1C(=O)c2ccc(C(=O)N3CCOC(c4ccccc4)C3)cc2C1=O. The molecular formula is C23H24N2O4. The average molecular weight is 392 g/mol. The summed E-state index contributed by atoms with van der Waals surface area (Å²) in [5.74, 6) is -0.577. The van der Waals surface area contributed by atoms with Crippen LogP contribution in [0.5, 0.6) is 0 Å². The van der Waals surface area contributed by atoms with E-state index < -0.39 is 0 Å². The Bertz CT molecular complexity index is 955. The van der Waals surface area contributed by atoms with Gasteiger partial charge in [-0.05, 0) is 29.7 Å². The van der Waals surface area contributed by atoms with E-state index in [1.54, 1.807) is 23.1 Å². The minimum atomic E-state index is -0.322. The summed E-state index contributed by atoms with van der Waals surface area (Å²) in [4.78, 5) is 41.3. The van der Waals surface area contributed by atoms with Crippen molar-refractivity contribution in [2.45, 2.75) is 20.0 Å². The summed E-state index contributed by atoms with van der Waals surface area (Å²) in [6, 6.07) is 14.6. The lowest BCUT2D eigenvalue weighted by Crippen LogP contribution is -2.42. The number of nitrogens with zero attached hydrogens (tertiary/aromatic N) is 2. The number of imide groups is 1. The first-order valence-corrected chi connectivity index (χ1v) is 9.91. The molecule has 2 heterocycles. The highest BCUT2D eigenvalue weighted by molar-refractivity contribution is 6.22. The van der Waals surface area contributed by atoms with Crippen LogP contribution >= 0.6 is 0 Å². The van der Waals surface area contributed by atoms with E-state index in [1.165, 1.54) is 4.90 Å². The molecule has 0 spiro atoms. The largest absolute Gasteiger partial charge is 0.370 e. The zero-order valence-corrected chi connectivity index (χ0v) is 16.6. The van der Waals surface area contributed by atoms with Crippen molar-refractivity contribution in [3.05, 3.63) is 70.8 Å². The molecule has 150 valence electrons. The van der Waals surface area contributed by atoms with Crippen molar-refractivity contribution in [2.75, 3.05) is 26.2 Å². The van der Waals surface area contributed by atoms with Crippen molar-refractivity contribution in [1.29, 1.82) is 0 Å². The third-order valence-electron chi connectivity index (χ3n) is 5.29. The number of rotatable bonds is 4. The molecule has 6 heteroatoms. The quantitative estimate of drug-likeness (QED) is 0.750. The molecule has 1 fully saturated rings. The Morgan fingerprint density at radius 3 is 2.52 bits per heavy atom. The van der Waals surface area contributed by atoms with Crippen LogP contribution in [0.2, 0.25) is 0 Å². The zero-order valence-electron chi connectivity index (χ0n) is 16.6. The number of ether oxygens (including phenoxy) is 1. The van der Waals surface area contributed by atoms with E-state index >= 15 is 0 Å². The molecular weight excluding hydrogens is 368 g/mol. The summed E-state index contributed by atoms with van der Waals surface area (Å²) in [7, 11) is 0. The van der Waals surface area contributed by atoms with Gasteiger partial charge in [-0.25, -0.2) is 0 Å². The fourth-order valence-electron chi connectivity index (χ4n) is 3.84. The van der Waals surface area contributed by atoms with Crippen LogP contribution in [0, 0.1) is 5.92 Å². The monoisotopic (exact) mass is 392 g/mol. The van der Waals surface area contributed by atoms with Crippen LogP contribution in [0.3, 0.4) is 0 Å². The van der Waals surface area contributed by atoms with E-state index in [2.05, 4.69) is 0 Å². The number of hydrogen-bond acceptors (Lipinski definition) is 4. The Labute approximate surface area is 170 Å². The summed E-state index contributed by atoms with van der Waals surface area (Å²) >= 11 is 0. The highest BCUT2D eigenvalue weighted by atomic mass is 16.5. The normalized spacial score (nSPS) is 19.1. The second-order valence-corrected chi connectivity index (χ2v) is 7.90. The van der Waals surface area contributed by atoms with Crippen LogP contribution in [0.1, 0.15) is 56.6 Å². The van der Waals surface area contributed by atoms with Crippen molar-refractivity contribution in [2.24, 2.45) is 5.92 Å². The van der Waals surface area contributed by atoms with Gasteiger partial charge in [0.1, 0.15) is 6.10 Å². The summed E-state index contributed by atoms with van der Waals surface area (Å²) < 4.78 is 5.84. The molecule has 2 aromatic rings. The van der Waals surface area contributed by atoms with Gasteiger partial charge in [-0.1, -0.05) is 44.2 Å². The van der Waals surface area contributed by atoms with E-state index in [0.717, 1.165) is 5.56 Å². The molecule has 0 radical (unpaired) electrons. The maximum atomic E-state index is 13.1. The first kappa shape index (κ1) is 19.3. The average Bonchev–Trinajstić information content (AvgIpc) is 2.98. The van der Waals surface area contributed by atoms with Crippen molar-refractivity contribution in [3.8, 4) is 0 Å². The maximum absolute atomic E-state index is 13.1. The summed E-state index contributed by atoms with van der Waals surface area (Å²) in [6.45, 7) is 5.69. The van der Waals surface area contributed by atoms with Crippen LogP contribution in [0.4, 0.5) is 0 Å². The Kier molecular flexibility index (Phi) is 5.20. The number of carbonyl (C=O) groups is 3. The van der Waals surface area contributed by atoms with Gasteiger partial charge in [0.2, 0.25) is 0 Å². The van der Waals surface area contributed by atoms with Crippen LogP contribution in [0.15, 0.2) is 48.5 Å². The van der Waals surface area contributed by atoms with Crippen LogP contribution in [-0.2, 0) is 4.74 Å². The van der Waals surface area contributed by atoms with Crippen LogP contribution in [-0.4, -0.2) is 53.8 Å². The third-order valence-corrected chi connectivity index (χ3v) is 5.29. The number of carbonyl (C=O) groups excluding carboxylic acids is 3. The molecule has 4 rings (SSSR count). The van der Waals surface area contributed by atoms with Crippen molar-refractivity contribution >= 4 is 17.7 Å². The third kappa shape index (κ3) is 3.68. The summed E-state index contributed by atoms with van der Waals surface area (Å²) in [6.07, 6.45) is -0.173. The second-order valence-electron chi connectivity index (χ2n) is 7.90. The maximum Gasteiger partial charge on any atom is 0.261 e. The molecule has 29 heavy (non-hydrogen) atoms. The topological polar surface area (TPSA) is 66.9 Å². The lowest BCUT2D eigenvalue weighted by molar-refractivity contribution is -0.0228. The van der Waals surface area contributed by atoms with Gasteiger partial charge in [-0.3, -0.25) is 19.3 Å². The van der Waals surface area contributed by atoms with Gasteiger partial charge in [0.15, 0.2) is 0 Å². The van der Waals surface area contributed by atoms with Crippen molar-refractivity contribution in [1.82, 2.24) is 9.80 Å². The molecule has 1 atom stereocenters. The fraction of sp³-hybridized carbons (Fsp3) is 0.348. The Morgan fingerprint density at radius 1 is 1.07 bits per heavy atom. The van der Waals surface area contributed by atoms with Crippen molar-refractivity contribution in [3.63, 3.8) is 0 Å². The van der Waals surface area contributed by atoms with E-state index in [1.807, 2.05) is 44.2 Å². The minimum Gasteiger partial charge on any atom is -0.370 e. The van der Waals surface area contributed by atoms with Gasteiger partial charge in [0, 0.05) is 18.7 Å². The van der Waals surface area contributed by atoms with Gasteiger partial charge in [-0.15, -0.1) is 0 Å². The second kappa shape index (κ2) is 7.79. The van der Waals surface area contributed by atoms with Gasteiger partial charge < -0.3 is 9.64 Å². The molecule has 1 unspecified atom stereocenters. The van der Waals surface area contributed by atoms with Gasteiger partial charge in [-0.2, -0.15) is 0 Å². The molecule has 6 nitrogen and oxygen atoms in total. The molecule has 2 aliphatic rings. The summed E-state index contributed by atoms with van der Waals surface area (Å²) in [5, 5.41) is 0. The number of morpholine rings is 1. The number of amides is 3.